The maximum atomic E-state index is 12.5. The normalized spacial score (nSPS) is 28.8. The highest BCUT2D eigenvalue weighted by molar-refractivity contribution is 5.76. The molecular weight excluding hydrogens is 300 g/mol. The van der Waals surface area contributed by atoms with Gasteiger partial charge in [-0.1, -0.05) is 37.3 Å². The summed E-state index contributed by atoms with van der Waals surface area (Å²) in [6, 6.07) is 12.8. The van der Waals surface area contributed by atoms with E-state index in [9.17, 15) is 10.1 Å². The van der Waals surface area contributed by atoms with Crippen molar-refractivity contribution in [2.24, 2.45) is 17.3 Å². The lowest BCUT2D eigenvalue weighted by Crippen LogP contribution is -2.55. The molecule has 0 bridgehead atoms. The molecule has 1 aromatic carbocycles. The van der Waals surface area contributed by atoms with E-state index in [0.717, 1.165) is 19.4 Å². The number of nitrogens with zero attached hydrogens (tertiary/aromatic N) is 2. The van der Waals surface area contributed by atoms with Gasteiger partial charge in [0.05, 0.1) is 12.7 Å². The van der Waals surface area contributed by atoms with Gasteiger partial charge in [-0.15, -0.1) is 0 Å². The second-order valence-corrected chi connectivity index (χ2v) is 7.10. The molecule has 0 aliphatic carbocycles. The van der Waals surface area contributed by atoms with Gasteiger partial charge < -0.3 is 9.64 Å². The Morgan fingerprint density at radius 1 is 1.42 bits per heavy atom. The predicted octanol–water partition coefficient (Wildman–Crippen LogP) is 3.28. The maximum Gasteiger partial charge on any atom is 0.323 e. The second kappa shape index (κ2) is 7.81. The third-order valence-corrected chi connectivity index (χ3v) is 5.57. The smallest absolute Gasteiger partial charge is 0.323 e. The molecule has 0 N–H and O–H groups in total. The van der Waals surface area contributed by atoms with Crippen molar-refractivity contribution >= 4 is 5.97 Å². The molecule has 1 aliphatic heterocycles. The van der Waals surface area contributed by atoms with Crippen LogP contribution in [-0.2, 0) is 16.0 Å². The largest absolute Gasteiger partial charge is 0.465 e. The van der Waals surface area contributed by atoms with Crippen LogP contribution in [-0.4, -0.2) is 37.1 Å². The molecule has 0 unspecified atom stereocenters. The van der Waals surface area contributed by atoms with Crippen molar-refractivity contribution in [3.63, 3.8) is 0 Å². The molecule has 0 radical (unpaired) electrons. The van der Waals surface area contributed by atoms with E-state index in [1.54, 1.807) is 6.92 Å². The van der Waals surface area contributed by atoms with Crippen LogP contribution in [0.3, 0.4) is 0 Å². The lowest BCUT2D eigenvalue weighted by atomic mass is 9.59. The monoisotopic (exact) mass is 328 g/mol. The van der Waals surface area contributed by atoms with Gasteiger partial charge in [0, 0.05) is 18.0 Å². The molecule has 2 rings (SSSR count). The Bertz CT molecular complexity index is 595. The second-order valence-electron chi connectivity index (χ2n) is 7.10. The minimum Gasteiger partial charge on any atom is -0.465 e. The molecule has 1 saturated heterocycles. The summed E-state index contributed by atoms with van der Waals surface area (Å²) >= 11 is 0. The Kier molecular flexibility index (Phi) is 6.01. The number of esters is 1. The molecule has 1 heterocycles. The van der Waals surface area contributed by atoms with Crippen LogP contribution in [0.25, 0.3) is 0 Å². The summed E-state index contributed by atoms with van der Waals surface area (Å²) in [5.41, 5.74) is 0.777. The molecule has 0 aromatic heterocycles. The lowest BCUT2D eigenvalue weighted by Gasteiger charge is -2.50. The van der Waals surface area contributed by atoms with Crippen molar-refractivity contribution in [1.82, 2.24) is 4.90 Å². The average molecular weight is 328 g/mol. The van der Waals surface area contributed by atoms with Crippen molar-refractivity contribution in [2.75, 3.05) is 20.2 Å². The molecule has 1 aliphatic rings. The zero-order valence-electron chi connectivity index (χ0n) is 15.2. The van der Waals surface area contributed by atoms with E-state index < -0.39 is 11.3 Å². The van der Waals surface area contributed by atoms with Gasteiger partial charge in [-0.25, -0.2) is 0 Å². The summed E-state index contributed by atoms with van der Waals surface area (Å²) in [5, 5.41) is 9.82. The molecule has 0 spiro atoms. The van der Waals surface area contributed by atoms with Crippen molar-refractivity contribution in [2.45, 2.75) is 39.7 Å². The van der Waals surface area contributed by atoms with Gasteiger partial charge in [0.15, 0.2) is 0 Å². The van der Waals surface area contributed by atoms with Crippen LogP contribution in [0.4, 0.5) is 0 Å². The highest BCUT2D eigenvalue weighted by atomic mass is 16.5. The Labute approximate surface area is 145 Å². The van der Waals surface area contributed by atoms with E-state index in [4.69, 9.17) is 4.74 Å². The number of ether oxygens (including phenoxy) is 1. The fourth-order valence-electron chi connectivity index (χ4n) is 4.07. The van der Waals surface area contributed by atoms with Crippen molar-refractivity contribution in [3.8, 4) is 6.07 Å². The fraction of sp³-hybridized carbons (Fsp3) is 0.600. The minimum atomic E-state index is -0.733. The van der Waals surface area contributed by atoms with Gasteiger partial charge in [-0.2, -0.15) is 5.26 Å². The van der Waals surface area contributed by atoms with Crippen molar-refractivity contribution in [3.05, 3.63) is 35.9 Å². The summed E-state index contributed by atoms with van der Waals surface area (Å²) in [6.07, 6.45) is 1.54. The van der Waals surface area contributed by atoms with Gasteiger partial charge >= 0.3 is 5.97 Å². The van der Waals surface area contributed by atoms with Gasteiger partial charge in [-0.05, 0) is 45.2 Å². The standard InChI is InChI=1S/C20H28N2O2/c1-5-24-19(23)18(13-21)20(12-17-9-7-6-8-10-17)11-16(3)22(4)14-15(20)2/h6-10,15-16,18H,5,11-12,14H2,1-4H3/t15-,16+,18-,20+/m0/s1. The number of hydrogen-bond donors (Lipinski definition) is 0. The molecule has 0 amide bonds. The number of benzene rings is 1. The Hall–Kier alpha value is -1.86. The number of nitriles is 1. The molecule has 1 aromatic rings. The SMILES string of the molecule is CCOC(=O)[C@H](C#N)[C@@]1(Cc2ccccc2)C[C@@H](C)N(C)C[C@@H]1C. The van der Waals surface area contributed by atoms with Crippen LogP contribution >= 0.6 is 0 Å². The van der Waals surface area contributed by atoms with Gasteiger partial charge in [0.25, 0.3) is 0 Å². The topological polar surface area (TPSA) is 53.3 Å². The number of carbonyl (C=O) groups is 1. The minimum absolute atomic E-state index is 0.230. The first-order valence-corrected chi connectivity index (χ1v) is 8.75. The number of likely N-dealkylation sites (tertiary alicyclic amines) is 1. The van der Waals surface area contributed by atoms with E-state index in [1.807, 2.05) is 18.2 Å². The van der Waals surface area contributed by atoms with Crippen LogP contribution in [0.2, 0.25) is 0 Å². The number of carbonyl (C=O) groups excluding carboxylic acids is 1. The Morgan fingerprint density at radius 3 is 2.67 bits per heavy atom. The molecule has 24 heavy (non-hydrogen) atoms. The van der Waals surface area contributed by atoms with E-state index in [-0.39, 0.29) is 11.9 Å². The first-order valence-electron chi connectivity index (χ1n) is 8.75. The summed E-state index contributed by atoms with van der Waals surface area (Å²) < 4.78 is 5.25. The molecule has 4 heteroatoms. The van der Waals surface area contributed by atoms with Gasteiger partial charge in [-0.3, -0.25) is 4.79 Å². The predicted molar refractivity (Wildman–Crippen MR) is 94.2 cm³/mol. The van der Waals surface area contributed by atoms with Crippen molar-refractivity contribution < 1.29 is 9.53 Å². The van der Waals surface area contributed by atoms with Crippen LogP contribution in [0, 0.1) is 28.6 Å². The van der Waals surface area contributed by atoms with E-state index in [2.05, 4.69) is 44.0 Å². The van der Waals surface area contributed by atoms with E-state index in [0.29, 0.717) is 12.6 Å². The third kappa shape index (κ3) is 3.62. The molecule has 4 atom stereocenters. The number of hydrogen-bond acceptors (Lipinski definition) is 4. The van der Waals surface area contributed by atoms with Crippen LogP contribution < -0.4 is 0 Å². The first kappa shape index (κ1) is 18.5. The molecular formula is C20H28N2O2. The van der Waals surface area contributed by atoms with E-state index >= 15 is 0 Å². The van der Waals surface area contributed by atoms with Gasteiger partial charge in [0.1, 0.15) is 5.92 Å². The maximum absolute atomic E-state index is 12.5. The zero-order chi connectivity index (χ0) is 17.7. The quantitative estimate of drug-likeness (QED) is 0.778. The van der Waals surface area contributed by atoms with Crippen LogP contribution in [0.15, 0.2) is 30.3 Å². The third-order valence-electron chi connectivity index (χ3n) is 5.57. The van der Waals surface area contributed by atoms with Crippen LogP contribution in [0.5, 0.6) is 0 Å². The lowest BCUT2D eigenvalue weighted by molar-refractivity contribution is -0.154. The number of rotatable bonds is 5. The first-order chi connectivity index (χ1) is 11.4. The Morgan fingerprint density at radius 2 is 2.08 bits per heavy atom. The molecule has 130 valence electrons. The van der Waals surface area contributed by atoms with Crippen LogP contribution in [0.1, 0.15) is 32.8 Å². The molecule has 0 saturated carbocycles. The highest BCUT2D eigenvalue weighted by Crippen LogP contribution is 2.47. The number of piperidine rings is 1. The molecule has 4 nitrogen and oxygen atoms in total. The zero-order valence-corrected chi connectivity index (χ0v) is 15.2. The summed E-state index contributed by atoms with van der Waals surface area (Å²) in [6.45, 7) is 7.31. The highest BCUT2D eigenvalue weighted by Gasteiger charge is 2.51. The fourth-order valence-corrected chi connectivity index (χ4v) is 4.07. The summed E-state index contributed by atoms with van der Waals surface area (Å²) in [5.74, 6) is -0.878. The molecule has 1 fully saturated rings. The van der Waals surface area contributed by atoms with Gasteiger partial charge in [0.2, 0.25) is 0 Å². The Balaban J connectivity index is 2.44. The van der Waals surface area contributed by atoms with Crippen molar-refractivity contribution in [1.29, 1.82) is 5.26 Å². The summed E-state index contributed by atoms with van der Waals surface area (Å²) in [7, 11) is 2.11. The average Bonchev–Trinajstić information content (AvgIpc) is 2.55. The summed E-state index contributed by atoms with van der Waals surface area (Å²) in [4.78, 5) is 14.9. The van der Waals surface area contributed by atoms with E-state index in [1.165, 1.54) is 5.56 Å².